The predicted molar refractivity (Wildman–Crippen MR) is 78.4 cm³/mol. The Morgan fingerprint density at radius 2 is 1.95 bits per heavy atom. The number of carbonyl (C=O) groups excluding carboxylic acids is 1. The molecule has 1 saturated heterocycles. The smallest absolute Gasteiger partial charge is 0.256 e. The van der Waals surface area contributed by atoms with Crippen LogP contribution >= 0.6 is 0 Å². The molecule has 1 aliphatic heterocycles. The zero-order chi connectivity index (χ0) is 15.7. The van der Waals surface area contributed by atoms with Gasteiger partial charge in [0.1, 0.15) is 11.9 Å². The second kappa shape index (κ2) is 5.58. The first-order chi connectivity index (χ1) is 10.6. The summed E-state index contributed by atoms with van der Waals surface area (Å²) < 4.78 is 13.1. The molecule has 2 aromatic rings. The maximum atomic E-state index is 13.1. The zero-order valence-corrected chi connectivity index (χ0v) is 11.6. The molecule has 5 heteroatoms. The van der Waals surface area contributed by atoms with E-state index in [2.05, 4.69) is 6.07 Å². The third kappa shape index (κ3) is 2.45. The van der Waals surface area contributed by atoms with Crippen molar-refractivity contribution in [1.29, 1.82) is 5.26 Å². The molecule has 3 rings (SSSR count). The summed E-state index contributed by atoms with van der Waals surface area (Å²) in [6.45, 7) is 0. The second-order valence-electron chi connectivity index (χ2n) is 5.19. The van der Waals surface area contributed by atoms with Crippen molar-refractivity contribution in [3.05, 3.63) is 65.5 Å². The molecule has 22 heavy (non-hydrogen) atoms. The van der Waals surface area contributed by atoms with E-state index in [1.165, 1.54) is 29.2 Å². The molecule has 1 aliphatic rings. The largest absolute Gasteiger partial charge is 0.383 e. The fraction of sp³-hybridized carbons (Fsp3) is 0.176. The normalized spacial score (nSPS) is 21.0. The SMILES string of the molecule is N#Cc1cccc([C@@H]2C[C@H](O)C(=O)N2c2ccc(F)cc2)c1. The van der Waals surface area contributed by atoms with Crippen molar-refractivity contribution in [3.63, 3.8) is 0 Å². The lowest BCUT2D eigenvalue weighted by atomic mass is 10.0. The molecule has 1 N–H and O–H groups in total. The molecular weight excluding hydrogens is 283 g/mol. The van der Waals surface area contributed by atoms with Gasteiger partial charge in [-0.15, -0.1) is 0 Å². The van der Waals surface area contributed by atoms with E-state index in [0.717, 1.165) is 5.56 Å². The van der Waals surface area contributed by atoms with E-state index < -0.39 is 12.0 Å². The first-order valence-electron chi connectivity index (χ1n) is 6.87. The minimum atomic E-state index is -1.10. The Hall–Kier alpha value is -2.71. The number of aliphatic hydroxyl groups excluding tert-OH is 1. The van der Waals surface area contributed by atoms with Crippen molar-refractivity contribution in [2.45, 2.75) is 18.6 Å². The average Bonchev–Trinajstić information content (AvgIpc) is 2.84. The molecule has 0 spiro atoms. The van der Waals surface area contributed by atoms with Crippen LogP contribution in [0.4, 0.5) is 10.1 Å². The Morgan fingerprint density at radius 3 is 2.64 bits per heavy atom. The first kappa shape index (κ1) is 14.2. The lowest BCUT2D eigenvalue weighted by molar-refractivity contribution is -0.124. The van der Waals surface area contributed by atoms with Crippen LogP contribution in [0.1, 0.15) is 23.6 Å². The summed E-state index contributed by atoms with van der Waals surface area (Å²) in [6.07, 6.45) is -0.855. The van der Waals surface area contributed by atoms with Crippen LogP contribution in [0, 0.1) is 17.1 Å². The minimum Gasteiger partial charge on any atom is -0.383 e. The highest BCUT2D eigenvalue weighted by atomic mass is 19.1. The molecule has 110 valence electrons. The summed E-state index contributed by atoms with van der Waals surface area (Å²) in [7, 11) is 0. The van der Waals surface area contributed by atoms with E-state index >= 15 is 0 Å². The topological polar surface area (TPSA) is 64.3 Å². The summed E-state index contributed by atoms with van der Waals surface area (Å²) >= 11 is 0. The Bertz CT molecular complexity index is 752. The van der Waals surface area contributed by atoms with Crippen molar-refractivity contribution in [3.8, 4) is 6.07 Å². The van der Waals surface area contributed by atoms with Crippen LogP contribution in [0.3, 0.4) is 0 Å². The number of aliphatic hydroxyl groups is 1. The number of hydrogen-bond donors (Lipinski definition) is 1. The molecule has 0 radical (unpaired) electrons. The van der Waals surface area contributed by atoms with Crippen LogP contribution in [0.15, 0.2) is 48.5 Å². The van der Waals surface area contributed by atoms with Gasteiger partial charge in [0.05, 0.1) is 17.7 Å². The fourth-order valence-electron chi connectivity index (χ4n) is 2.74. The first-order valence-corrected chi connectivity index (χ1v) is 6.87. The minimum absolute atomic E-state index is 0.241. The fourth-order valence-corrected chi connectivity index (χ4v) is 2.74. The summed E-state index contributed by atoms with van der Waals surface area (Å²) in [4.78, 5) is 13.7. The van der Waals surface area contributed by atoms with Crippen molar-refractivity contribution in [2.75, 3.05) is 4.90 Å². The maximum Gasteiger partial charge on any atom is 0.256 e. The van der Waals surface area contributed by atoms with Gasteiger partial charge in [-0.25, -0.2) is 4.39 Å². The molecule has 0 unspecified atom stereocenters. The lowest BCUT2D eigenvalue weighted by Crippen LogP contribution is -2.30. The molecular formula is C17H13FN2O2. The Balaban J connectivity index is 2.03. The van der Waals surface area contributed by atoms with Crippen LogP contribution in [0.5, 0.6) is 0 Å². The lowest BCUT2D eigenvalue weighted by Gasteiger charge is -2.25. The molecule has 0 aliphatic carbocycles. The Morgan fingerprint density at radius 1 is 1.23 bits per heavy atom. The van der Waals surface area contributed by atoms with Gasteiger partial charge in [-0.1, -0.05) is 12.1 Å². The molecule has 2 aromatic carbocycles. The number of anilines is 1. The maximum absolute atomic E-state index is 13.1. The van der Waals surface area contributed by atoms with Gasteiger partial charge in [-0.3, -0.25) is 4.79 Å². The second-order valence-corrected chi connectivity index (χ2v) is 5.19. The van der Waals surface area contributed by atoms with Crippen molar-refractivity contribution < 1.29 is 14.3 Å². The number of carbonyl (C=O) groups is 1. The predicted octanol–water partition coefficient (Wildman–Crippen LogP) is 2.54. The summed E-state index contributed by atoms with van der Waals surface area (Å²) in [5, 5.41) is 18.9. The van der Waals surface area contributed by atoms with Gasteiger partial charge in [0.15, 0.2) is 0 Å². The molecule has 1 amide bonds. The van der Waals surface area contributed by atoms with E-state index in [1.807, 2.05) is 6.07 Å². The third-order valence-corrected chi connectivity index (χ3v) is 3.79. The summed E-state index contributed by atoms with van der Waals surface area (Å²) in [5.74, 6) is -0.807. The number of halogens is 1. The van der Waals surface area contributed by atoms with Gasteiger partial charge in [-0.05, 0) is 42.0 Å². The summed E-state index contributed by atoms with van der Waals surface area (Å²) in [6, 6.07) is 14.2. The van der Waals surface area contributed by atoms with Crippen LogP contribution < -0.4 is 4.90 Å². The number of rotatable bonds is 2. The highest BCUT2D eigenvalue weighted by molar-refractivity contribution is 5.99. The van der Waals surface area contributed by atoms with Gasteiger partial charge in [0, 0.05) is 12.1 Å². The van der Waals surface area contributed by atoms with E-state index in [-0.39, 0.29) is 18.3 Å². The standard InChI is InChI=1S/C17H13FN2O2/c18-13-4-6-14(7-5-13)20-15(9-16(21)17(20)22)12-3-1-2-11(8-12)10-19/h1-8,15-16,21H,9H2/t15-,16-/m0/s1. The van der Waals surface area contributed by atoms with Crippen molar-refractivity contribution >= 4 is 11.6 Å². The monoisotopic (exact) mass is 296 g/mol. The number of amides is 1. The number of benzene rings is 2. The van der Waals surface area contributed by atoms with Crippen molar-refractivity contribution in [1.82, 2.24) is 0 Å². The van der Waals surface area contributed by atoms with E-state index in [1.54, 1.807) is 18.2 Å². The number of hydrogen-bond acceptors (Lipinski definition) is 3. The third-order valence-electron chi connectivity index (χ3n) is 3.79. The molecule has 0 bridgehead atoms. The van der Waals surface area contributed by atoms with Crippen LogP contribution in [0.2, 0.25) is 0 Å². The van der Waals surface area contributed by atoms with Gasteiger partial charge >= 0.3 is 0 Å². The summed E-state index contributed by atoms with van der Waals surface area (Å²) in [5.41, 5.74) is 1.79. The average molecular weight is 296 g/mol. The van der Waals surface area contributed by atoms with Crippen LogP contribution in [-0.4, -0.2) is 17.1 Å². The highest BCUT2D eigenvalue weighted by Gasteiger charge is 2.40. The van der Waals surface area contributed by atoms with E-state index in [9.17, 15) is 14.3 Å². The molecule has 0 saturated carbocycles. The molecule has 0 aromatic heterocycles. The van der Waals surface area contributed by atoms with E-state index in [0.29, 0.717) is 11.3 Å². The van der Waals surface area contributed by atoms with Gasteiger partial charge in [0.2, 0.25) is 0 Å². The van der Waals surface area contributed by atoms with Gasteiger partial charge < -0.3 is 10.0 Å². The molecule has 2 atom stereocenters. The van der Waals surface area contributed by atoms with E-state index in [4.69, 9.17) is 5.26 Å². The highest BCUT2D eigenvalue weighted by Crippen LogP contribution is 2.37. The van der Waals surface area contributed by atoms with Crippen LogP contribution in [0.25, 0.3) is 0 Å². The molecule has 4 nitrogen and oxygen atoms in total. The number of nitriles is 1. The number of nitrogens with zero attached hydrogens (tertiary/aromatic N) is 2. The Kier molecular flexibility index (Phi) is 3.61. The van der Waals surface area contributed by atoms with Crippen LogP contribution in [-0.2, 0) is 4.79 Å². The molecule has 1 heterocycles. The quantitative estimate of drug-likeness (QED) is 0.926. The van der Waals surface area contributed by atoms with Gasteiger partial charge in [-0.2, -0.15) is 5.26 Å². The molecule has 1 fully saturated rings. The zero-order valence-electron chi connectivity index (χ0n) is 11.6. The van der Waals surface area contributed by atoms with Gasteiger partial charge in [0.25, 0.3) is 5.91 Å². The Labute approximate surface area is 127 Å². The van der Waals surface area contributed by atoms with Crippen molar-refractivity contribution in [2.24, 2.45) is 0 Å².